The van der Waals surface area contributed by atoms with Crippen molar-refractivity contribution in [3.05, 3.63) is 44.9 Å². The highest BCUT2D eigenvalue weighted by Crippen LogP contribution is 2.36. The summed E-state index contributed by atoms with van der Waals surface area (Å²) in [6.45, 7) is 6.20. The van der Waals surface area contributed by atoms with E-state index in [1.54, 1.807) is 11.3 Å². The molecule has 0 radical (unpaired) electrons. The maximum Gasteiger partial charge on any atom is 0.355 e. The van der Waals surface area contributed by atoms with Gasteiger partial charge in [0.25, 0.3) is 0 Å². The Morgan fingerprint density at radius 2 is 2.22 bits per heavy atom. The van der Waals surface area contributed by atoms with Gasteiger partial charge in [0.05, 0.1) is 6.61 Å². The minimum Gasteiger partial charge on any atom is -0.461 e. The fraction of sp³-hybridized carbons (Fsp3) is 0.444. The van der Waals surface area contributed by atoms with E-state index in [9.17, 15) is 9.59 Å². The molecule has 1 atom stereocenters. The van der Waals surface area contributed by atoms with Crippen LogP contribution in [-0.4, -0.2) is 23.3 Å². The molecule has 5 heteroatoms. The molecule has 0 saturated carbocycles. The number of nitrogens with one attached hydrogen (secondary N) is 1. The number of ketones is 1. The van der Waals surface area contributed by atoms with Crippen molar-refractivity contribution in [3.8, 4) is 0 Å². The summed E-state index contributed by atoms with van der Waals surface area (Å²) < 4.78 is 5.30. The van der Waals surface area contributed by atoms with Crippen LogP contribution in [0.4, 0.5) is 0 Å². The standard InChI is InChI=1S/C18H21NO3S/c1-10(2)9-22-18(21)17-11(3)16-13(19-17)7-12(8-14(16)20)15-5-4-6-23-15/h4-6,10,12,19H,7-9H2,1-3H3/t12-/m0/s1. The van der Waals surface area contributed by atoms with Gasteiger partial charge in [0.1, 0.15) is 5.69 Å². The second kappa shape index (κ2) is 6.32. The Kier molecular flexibility index (Phi) is 4.39. The average Bonchev–Trinajstić information content (AvgIpc) is 3.13. The monoisotopic (exact) mass is 331 g/mol. The van der Waals surface area contributed by atoms with E-state index in [1.807, 2.05) is 32.2 Å². The molecule has 4 nitrogen and oxygen atoms in total. The first-order valence-corrected chi connectivity index (χ1v) is 8.80. The number of aromatic amines is 1. The van der Waals surface area contributed by atoms with Gasteiger partial charge < -0.3 is 9.72 Å². The maximum atomic E-state index is 12.5. The van der Waals surface area contributed by atoms with Crippen molar-refractivity contribution in [1.29, 1.82) is 0 Å². The first-order chi connectivity index (χ1) is 11.0. The molecule has 1 aliphatic rings. The summed E-state index contributed by atoms with van der Waals surface area (Å²) >= 11 is 1.68. The van der Waals surface area contributed by atoms with Crippen LogP contribution < -0.4 is 0 Å². The van der Waals surface area contributed by atoms with E-state index in [-0.39, 0.29) is 23.6 Å². The van der Waals surface area contributed by atoms with Crippen LogP contribution >= 0.6 is 11.3 Å². The van der Waals surface area contributed by atoms with Gasteiger partial charge in [-0.05, 0) is 36.3 Å². The topological polar surface area (TPSA) is 59.2 Å². The molecule has 2 aromatic heterocycles. The zero-order valence-electron chi connectivity index (χ0n) is 13.6. The molecule has 2 heterocycles. The highest BCUT2D eigenvalue weighted by Gasteiger charge is 2.32. The maximum absolute atomic E-state index is 12.5. The van der Waals surface area contributed by atoms with E-state index in [0.717, 1.165) is 17.7 Å². The second-order valence-electron chi connectivity index (χ2n) is 6.51. The van der Waals surface area contributed by atoms with Gasteiger partial charge in [-0.25, -0.2) is 4.79 Å². The quantitative estimate of drug-likeness (QED) is 0.858. The van der Waals surface area contributed by atoms with Crippen LogP contribution in [0.3, 0.4) is 0 Å². The molecule has 0 bridgehead atoms. The molecule has 0 spiro atoms. The van der Waals surface area contributed by atoms with Crippen molar-refractivity contribution in [2.24, 2.45) is 5.92 Å². The summed E-state index contributed by atoms with van der Waals surface area (Å²) in [6.07, 6.45) is 1.27. The lowest BCUT2D eigenvalue weighted by atomic mass is 9.84. The first-order valence-electron chi connectivity index (χ1n) is 7.92. The number of aromatic nitrogens is 1. The molecule has 0 amide bonds. The number of fused-ring (bicyclic) bond motifs is 1. The lowest BCUT2D eigenvalue weighted by molar-refractivity contribution is 0.0451. The van der Waals surface area contributed by atoms with Gasteiger partial charge in [0.15, 0.2) is 5.78 Å². The molecule has 1 N–H and O–H groups in total. The number of hydrogen-bond acceptors (Lipinski definition) is 4. The Labute approximate surface area is 139 Å². The number of carbonyl (C=O) groups is 2. The average molecular weight is 331 g/mol. The second-order valence-corrected chi connectivity index (χ2v) is 7.49. The van der Waals surface area contributed by atoms with E-state index in [0.29, 0.717) is 24.3 Å². The number of hydrogen-bond donors (Lipinski definition) is 1. The molecule has 1 aliphatic carbocycles. The summed E-state index contributed by atoms with van der Waals surface area (Å²) in [5, 5.41) is 2.03. The predicted octanol–water partition coefficient (Wildman–Crippen LogP) is 4.11. The van der Waals surface area contributed by atoms with E-state index < -0.39 is 0 Å². The van der Waals surface area contributed by atoms with Crippen LogP contribution in [0, 0.1) is 12.8 Å². The van der Waals surface area contributed by atoms with Gasteiger partial charge >= 0.3 is 5.97 Å². The number of thiophene rings is 1. The molecular weight excluding hydrogens is 310 g/mol. The fourth-order valence-corrected chi connectivity index (χ4v) is 3.91. The third kappa shape index (κ3) is 3.11. The third-order valence-corrected chi connectivity index (χ3v) is 5.22. The Hall–Kier alpha value is -1.88. The van der Waals surface area contributed by atoms with Crippen LogP contribution in [0.2, 0.25) is 0 Å². The van der Waals surface area contributed by atoms with Gasteiger partial charge in [0.2, 0.25) is 0 Å². The van der Waals surface area contributed by atoms with Gasteiger partial charge in [-0.3, -0.25) is 4.79 Å². The number of esters is 1. The van der Waals surface area contributed by atoms with E-state index in [1.165, 1.54) is 4.88 Å². The van der Waals surface area contributed by atoms with Gasteiger partial charge in [-0.15, -0.1) is 11.3 Å². The SMILES string of the molecule is Cc1c(C(=O)OCC(C)C)[nH]c2c1C(=O)C[C@@H](c1cccs1)C2. The highest BCUT2D eigenvalue weighted by molar-refractivity contribution is 7.10. The number of carbonyl (C=O) groups excluding carboxylic acids is 2. The number of H-pyrrole nitrogens is 1. The zero-order valence-corrected chi connectivity index (χ0v) is 14.5. The molecule has 122 valence electrons. The summed E-state index contributed by atoms with van der Waals surface area (Å²) in [5.74, 6) is 0.230. The van der Waals surface area contributed by atoms with E-state index >= 15 is 0 Å². The minimum absolute atomic E-state index is 0.112. The summed E-state index contributed by atoms with van der Waals surface area (Å²) in [5.41, 5.74) is 2.71. The number of rotatable bonds is 4. The highest BCUT2D eigenvalue weighted by atomic mass is 32.1. The van der Waals surface area contributed by atoms with Crippen molar-refractivity contribution < 1.29 is 14.3 Å². The van der Waals surface area contributed by atoms with Crippen molar-refractivity contribution in [2.75, 3.05) is 6.61 Å². The Morgan fingerprint density at radius 3 is 2.87 bits per heavy atom. The predicted molar refractivity (Wildman–Crippen MR) is 90.4 cm³/mol. The van der Waals surface area contributed by atoms with Crippen LogP contribution in [0.1, 0.15) is 63.2 Å². The zero-order chi connectivity index (χ0) is 16.6. The smallest absolute Gasteiger partial charge is 0.355 e. The van der Waals surface area contributed by atoms with Crippen LogP contribution in [0.25, 0.3) is 0 Å². The third-order valence-electron chi connectivity index (χ3n) is 4.19. The van der Waals surface area contributed by atoms with Gasteiger partial charge in [-0.2, -0.15) is 0 Å². The summed E-state index contributed by atoms with van der Waals surface area (Å²) in [4.78, 5) is 29.2. The fourth-order valence-electron chi connectivity index (χ4n) is 3.08. The summed E-state index contributed by atoms with van der Waals surface area (Å²) in [6, 6.07) is 4.08. The molecule has 2 aromatic rings. The van der Waals surface area contributed by atoms with E-state index in [2.05, 4.69) is 11.1 Å². The molecule has 0 saturated heterocycles. The summed E-state index contributed by atoms with van der Waals surface area (Å²) in [7, 11) is 0. The van der Waals surface area contributed by atoms with Crippen molar-refractivity contribution >= 4 is 23.1 Å². The van der Waals surface area contributed by atoms with Crippen molar-refractivity contribution in [3.63, 3.8) is 0 Å². The Morgan fingerprint density at radius 1 is 1.43 bits per heavy atom. The first kappa shape index (κ1) is 16.0. The molecule has 0 fully saturated rings. The molecule has 23 heavy (non-hydrogen) atoms. The van der Waals surface area contributed by atoms with Crippen LogP contribution in [0.15, 0.2) is 17.5 Å². The Bertz CT molecular complexity index is 728. The van der Waals surface area contributed by atoms with Gasteiger partial charge in [-0.1, -0.05) is 19.9 Å². The number of ether oxygens (including phenoxy) is 1. The van der Waals surface area contributed by atoms with Crippen LogP contribution in [0.5, 0.6) is 0 Å². The Balaban J connectivity index is 1.87. The molecule has 3 rings (SSSR count). The van der Waals surface area contributed by atoms with Crippen LogP contribution in [-0.2, 0) is 11.2 Å². The van der Waals surface area contributed by atoms with Crippen molar-refractivity contribution in [2.45, 2.75) is 39.5 Å². The molecular formula is C18H21NO3S. The minimum atomic E-state index is -0.369. The lowest BCUT2D eigenvalue weighted by Gasteiger charge is -2.20. The van der Waals surface area contributed by atoms with Crippen molar-refractivity contribution in [1.82, 2.24) is 4.98 Å². The molecule has 0 unspecified atom stereocenters. The van der Waals surface area contributed by atoms with E-state index in [4.69, 9.17) is 4.74 Å². The largest absolute Gasteiger partial charge is 0.461 e. The lowest BCUT2D eigenvalue weighted by Crippen LogP contribution is -2.17. The number of Topliss-reactive ketones (excluding diaryl/α,β-unsaturated/α-hetero) is 1. The molecule has 0 aliphatic heterocycles. The molecule has 0 aromatic carbocycles. The normalized spacial score (nSPS) is 17.4. The van der Waals surface area contributed by atoms with Gasteiger partial charge in [0, 0.05) is 28.5 Å².